The summed E-state index contributed by atoms with van der Waals surface area (Å²) >= 11 is 0. The second-order valence-electron chi connectivity index (χ2n) is 9.06. The van der Waals surface area contributed by atoms with Crippen molar-refractivity contribution in [3.05, 3.63) is 72.8 Å². The molecule has 2 aromatic carbocycles. The molecule has 0 saturated carbocycles. The number of nitriles is 1. The molecule has 0 aliphatic heterocycles. The largest absolute Gasteiger partial charge is 0.346 e. The molecule has 9 heteroatoms. The highest BCUT2D eigenvalue weighted by molar-refractivity contribution is 7.92. The summed E-state index contributed by atoms with van der Waals surface area (Å²) in [5, 5.41) is 9.87. The van der Waals surface area contributed by atoms with E-state index in [1.807, 2.05) is 30.7 Å². The number of nitrogens with zero attached hydrogens (tertiary/aromatic N) is 4. The smallest absolute Gasteiger partial charge is 0.261 e. The fourth-order valence-electron chi connectivity index (χ4n) is 3.95. The number of imidazole rings is 1. The SMILES string of the molecule is CC(C)(C)n1cnc2ccc(-c3c[nH]c4ncc(NS(=O)(=O)c5cccc(C#N)c5)cc34)cc21. The van der Waals surface area contributed by atoms with Gasteiger partial charge in [-0.3, -0.25) is 4.72 Å². The van der Waals surface area contributed by atoms with E-state index >= 15 is 0 Å². The van der Waals surface area contributed by atoms with Crippen molar-refractivity contribution in [2.24, 2.45) is 0 Å². The summed E-state index contributed by atoms with van der Waals surface area (Å²) in [6.07, 6.45) is 5.18. The zero-order valence-electron chi connectivity index (χ0n) is 18.9. The van der Waals surface area contributed by atoms with Crippen molar-refractivity contribution in [1.29, 1.82) is 5.26 Å². The van der Waals surface area contributed by atoms with Gasteiger partial charge < -0.3 is 9.55 Å². The molecule has 2 N–H and O–H groups in total. The molecule has 34 heavy (non-hydrogen) atoms. The maximum absolute atomic E-state index is 12.9. The van der Waals surface area contributed by atoms with Crippen LogP contribution in [0.5, 0.6) is 0 Å². The van der Waals surface area contributed by atoms with Gasteiger partial charge in [-0.25, -0.2) is 18.4 Å². The second-order valence-corrected chi connectivity index (χ2v) is 10.7. The number of fused-ring (bicyclic) bond motifs is 2. The number of aromatic nitrogens is 4. The Hall–Kier alpha value is -4.16. The summed E-state index contributed by atoms with van der Waals surface area (Å²) < 4.78 is 30.5. The summed E-state index contributed by atoms with van der Waals surface area (Å²) in [6, 6.07) is 15.7. The van der Waals surface area contributed by atoms with E-state index in [0.29, 0.717) is 11.3 Å². The van der Waals surface area contributed by atoms with Gasteiger partial charge in [0.15, 0.2) is 0 Å². The van der Waals surface area contributed by atoms with E-state index in [9.17, 15) is 8.42 Å². The average Bonchev–Trinajstić information content (AvgIpc) is 3.42. The highest BCUT2D eigenvalue weighted by atomic mass is 32.2. The van der Waals surface area contributed by atoms with Crippen LogP contribution in [0.1, 0.15) is 26.3 Å². The van der Waals surface area contributed by atoms with Gasteiger partial charge in [-0.1, -0.05) is 12.1 Å². The quantitative estimate of drug-likeness (QED) is 0.383. The molecule has 0 spiro atoms. The molecule has 0 amide bonds. The summed E-state index contributed by atoms with van der Waals surface area (Å²) in [4.78, 5) is 12.1. The molecule has 5 rings (SSSR count). The van der Waals surface area contributed by atoms with Crippen molar-refractivity contribution in [3.8, 4) is 17.2 Å². The zero-order chi connectivity index (χ0) is 24.1. The Morgan fingerprint density at radius 1 is 1.09 bits per heavy atom. The lowest BCUT2D eigenvalue weighted by Crippen LogP contribution is -2.20. The third-order valence-corrected chi connectivity index (χ3v) is 7.02. The minimum atomic E-state index is -3.88. The predicted octanol–water partition coefficient (Wildman–Crippen LogP) is 5.01. The number of nitrogens with one attached hydrogen (secondary N) is 2. The van der Waals surface area contributed by atoms with Crippen LogP contribution in [-0.2, 0) is 15.6 Å². The van der Waals surface area contributed by atoms with E-state index < -0.39 is 10.0 Å². The summed E-state index contributed by atoms with van der Waals surface area (Å²) in [5.41, 5.74) is 4.92. The maximum atomic E-state index is 12.9. The van der Waals surface area contributed by atoms with Crippen LogP contribution in [0.25, 0.3) is 33.2 Å². The monoisotopic (exact) mass is 470 g/mol. The molecule has 3 heterocycles. The molecule has 0 fully saturated rings. The molecule has 170 valence electrons. The third kappa shape index (κ3) is 3.78. The number of aromatic amines is 1. The summed E-state index contributed by atoms with van der Waals surface area (Å²) in [6.45, 7) is 6.38. The van der Waals surface area contributed by atoms with Gasteiger partial charge in [-0.15, -0.1) is 0 Å². The van der Waals surface area contributed by atoms with Gasteiger partial charge in [-0.05, 0) is 62.7 Å². The number of benzene rings is 2. The Balaban J connectivity index is 1.56. The molecule has 0 atom stereocenters. The van der Waals surface area contributed by atoms with Crippen LogP contribution < -0.4 is 4.72 Å². The van der Waals surface area contributed by atoms with E-state index in [1.165, 1.54) is 24.4 Å². The second kappa shape index (κ2) is 7.71. The van der Waals surface area contributed by atoms with Crippen molar-refractivity contribution in [2.75, 3.05) is 4.72 Å². The van der Waals surface area contributed by atoms with Crippen LogP contribution in [0.4, 0.5) is 5.69 Å². The van der Waals surface area contributed by atoms with Crippen LogP contribution in [0.3, 0.4) is 0 Å². The molecular formula is C25H22N6O2S. The highest BCUT2D eigenvalue weighted by Crippen LogP contribution is 2.33. The van der Waals surface area contributed by atoms with Crippen molar-refractivity contribution in [3.63, 3.8) is 0 Å². The number of sulfonamides is 1. The van der Waals surface area contributed by atoms with Crippen molar-refractivity contribution in [2.45, 2.75) is 31.2 Å². The molecule has 0 bridgehead atoms. The minimum Gasteiger partial charge on any atom is -0.346 e. The van der Waals surface area contributed by atoms with Gasteiger partial charge >= 0.3 is 0 Å². The van der Waals surface area contributed by atoms with Crippen LogP contribution in [0, 0.1) is 11.3 Å². The van der Waals surface area contributed by atoms with Crippen LogP contribution in [-0.4, -0.2) is 27.9 Å². The number of H-pyrrole nitrogens is 1. The molecule has 0 saturated heterocycles. The standard InChI is InChI=1S/C25H22N6O2S/c1-25(2,3)31-15-29-22-8-7-17(10-23(22)31)21-14-28-24-20(21)11-18(13-27-24)30-34(32,33)19-6-4-5-16(9-19)12-26/h4-11,13-15,30H,1-3H3,(H,27,28). The topological polar surface area (TPSA) is 116 Å². The van der Waals surface area contributed by atoms with Crippen LogP contribution in [0.15, 0.2) is 72.1 Å². The minimum absolute atomic E-state index is 0.0156. The van der Waals surface area contributed by atoms with E-state index in [0.717, 1.165) is 27.5 Å². The van der Waals surface area contributed by atoms with Gasteiger partial charge in [0.05, 0.1) is 45.8 Å². The molecule has 0 unspecified atom stereocenters. The predicted molar refractivity (Wildman–Crippen MR) is 132 cm³/mol. The summed E-state index contributed by atoms with van der Waals surface area (Å²) in [7, 11) is -3.88. The van der Waals surface area contributed by atoms with Crippen molar-refractivity contribution < 1.29 is 8.42 Å². The van der Waals surface area contributed by atoms with Crippen molar-refractivity contribution in [1.82, 2.24) is 19.5 Å². The van der Waals surface area contributed by atoms with E-state index in [1.54, 1.807) is 12.1 Å². The average molecular weight is 471 g/mol. The fraction of sp³-hybridized carbons (Fsp3) is 0.160. The molecule has 3 aromatic heterocycles. The molecular weight excluding hydrogens is 448 g/mol. The first kappa shape index (κ1) is 21.7. The van der Waals surface area contributed by atoms with E-state index in [-0.39, 0.29) is 16.0 Å². The molecule has 0 aliphatic rings. The van der Waals surface area contributed by atoms with E-state index in [2.05, 4.69) is 51.1 Å². The highest BCUT2D eigenvalue weighted by Gasteiger charge is 2.19. The normalized spacial score (nSPS) is 12.2. The van der Waals surface area contributed by atoms with Gasteiger partial charge in [0.25, 0.3) is 10.0 Å². The maximum Gasteiger partial charge on any atom is 0.261 e. The Kier molecular flexibility index (Phi) is 4.92. The fourth-order valence-corrected chi connectivity index (χ4v) is 5.03. The van der Waals surface area contributed by atoms with Gasteiger partial charge in [0.1, 0.15) is 5.65 Å². The number of hydrogen-bond acceptors (Lipinski definition) is 5. The lowest BCUT2D eigenvalue weighted by atomic mass is 10.0. The van der Waals surface area contributed by atoms with Crippen LogP contribution >= 0.6 is 0 Å². The molecule has 5 aromatic rings. The Morgan fingerprint density at radius 3 is 2.68 bits per heavy atom. The number of rotatable bonds is 4. The first-order valence-electron chi connectivity index (χ1n) is 10.6. The number of hydrogen-bond donors (Lipinski definition) is 2. The Bertz CT molecular complexity index is 1700. The van der Waals surface area contributed by atoms with Gasteiger partial charge in [0.2, 0.25) is 0 Å². The van der Waals surface area contributed by atoms with Gasteiger partial charge in [-0.2, -0.15) is 5.26 Å². The summed E-state index contributed by atoms with van der Waals surface area (Å²) in [5.74, 6) is 0. The molecule has 0 aliphatic carbocycles. The van der Waals surface area contributed by atoms with Crippen molar-refractivity contribution >= 4 is 37.8 Å². The van der Waals surface area contributed by atoms with E-state index in [4.69, 9.17) is 5.26 Å². The van der Waals surface area contributed by atoms with Gasteiger partial charge in [0, 0.05) is 22.7 Å². The van der Waals surface area contributed by atoms with Crippen LogP contribution in [0.2, 0.25) is 0 Å². The number of anilines is 1. The first-order valence-corrected chi connectivity index (χ1v) is 12.1. The lowest BCUT2D eigenvalue weighted by molar-refractivity contribution is 0.408. The Labute approximate surface area is 197 Å². The lowest BCUT2D eigenvalue weighted by Gasteiger charge is -2.21. The third-order valence-electron chi connectivity index (χ3n) is 5.64. The molecule has 0 radical (unpaired) electrons. The number of pyridine rings is 1. The first-order chi connectivity index (χ1) is 16.2. The molecule has 8 nitrogen and oxygen atoms in total. The zero-order valence-corrected chi connectivity index (χ0v) is 19.7. The Morgan fingerprint density at radius 2 is 1.91 bits per heavy atom.